The lowest BCUT2D eigenvalue weighted by atomic mass is 10.6. The van der Waals surface area contributed by atoms with Gasteiger partial charge < -0.3 is 4.90 Å². The molecule has 0 aromatic heterocycles. The zero-order valence-corrected chi connectivity index (χ0v) is 8.14. The molecule has 0 aliphatic carbocycles. The van der Waals surface area contributed by atoms with Gasteiger partial charge in [-0.15, -0.1) is 0 Å². The number of hydrogen-bond acceptors (Lipinski definition) is 3. The zero-order valence-electron chi connectivity index (χ0n) is 6.51. The maximum atomic E-state index is 2.42. The molecule has 0 atom stereocenters. The quantitative estimate of drug-likeness (QED) is 0.550. The first-order valence-electron chi connectivity index (χ1n) is 3.73. The second-order valence-electron chi connectivity index (χ2n) is 2.53. The molecule has 0 N–H and O–H groups in total. The molecule has 0 bridgehead atoms. The first-order chi connectivity index (χ1) is 4.89. The molecule has 0 aromatic carbocycles. The largest absolute Gasteiger partial charge is 0.305 e. The Balaban J connectivity index is 2.15. The molecule has 3 heteroatoms. The third-order valence-electron chi connectivity index (χ3n) is 1.61. The van der Waals surface area contributed by atoms with Crippen LogP contribution in [-0.2, 0) is 0 Å². The minimum atomic E-state index is 1.27. The van der Waals surface area contributed by atoms with Gasteiger partial charge >= 0.3 is 0 Å². The fourth-order valence-corrected chi connectivity index (χ4v) is 3.11. The molecule has 0 radical (unpaired) electrons. The maximum Gasteiger partial charge on any atom is 0.00696 e. The monoisotopic (exact) mass is 177 g/mol. The van der Waals surface area contributed by atoms with Crippen molar-refractivity contribution in [2.24, 2.45) is 0 Å². The summed E-state index contributed by atoms with van der Waals surface area (Å²) in [5, 5.41) is 0. The average Bonchev–Trinajstić information content (AvgIpc) is 2.02. The van der Waals surface area contributed by atoms with Crippen LogP contribution in [0.1, 0.15) is 0 Å². The highest BCUT2D eigenvalue weighted by atomic mass is 32.2. The van der Waals surface area contributed by atoms with Crippen molar-refractivity contribution in [2.75, 3.05) is 43.1 Å². The van der Waals surface area contributed by atoms with Gasteiger partial charge in [0.05, 0.1) is 0 Å². The minimum Gasteiger partial charge on any atom is -0.305 e. The molecule has 1 fully saturated rings. The predicted octanol–water partition coefficient (Wildman–Crippen LogP) is 1.40. The predicted molar refractivity (Wildman–Crippen MR) is 52.1 cm³/mol. The highest BCUT2D eigenvalue weighted by Gasteiger charge is 2.01. The van der Waals surface area contributed by atoms with Crippen molar-refractivity contribution in [2.45, 2.75) is 0 Å². The van der Waals surface area contributed by atoms with E-state index < -0.39 is 0 Å². The van der Waals surface area contributed by atoms with Crippen LogP contribution in [0.15, 0.2) is 0 Å². The van der Waals surface area contributed by atoms with Crippen LogP contribution in [0.3, 0.4) is 0 Å². The van der Waals surface area contributed by atoms with Gasteiger partial charge in [-0.3, -0.25) is 0 Å². The van der Waals surface area contributed by atoms with E-state index in [0.717, 1.165) is 0 Å². The molecule has 0 aromatic rings. The van der Waals surface area contributed by atoms with Crippen LogP contribution in [0.2, 0.25) is 0 Å². The van der Waals surface area contributed by atoms with Crippen molar-refractivity contribution in [3.05, 3.63) is 0 Å². The van der Waals surface area contributed by atoms with E-state index in [0.29, 0.717) is 0 Å². The summed E-state index contributed by atoms with van der Waals surface area (Å²) in [4.78, 5) is 2.42. The molecule has 0 spiro atoms. The van der Waals surface area contributed by atoms with Crippen molar-refractivity contribution in [1.29, 1.82) is 0 Å². The molecule has 0 amide bonds. The fourth-order valence-electron chi connectivity index (χ4n) is 0.875. The molecule has 0 saturated carbocycles. The highest BCUT2D eigenvalue weighted by Crippen LogP contribution is 2.09. The van der Waals surface area contributed by atoms with Crippen LogP contribution in [0, 0.1) is 0 Å². The zero-order chi connectivity index (χ0) is 7.23. The lowest BCUT2D eigenvalue weighted by Crippen LogP contribution is -2.23. The Kier molecular flexibility index (Phi) is 4.66. The van der Waals surface area contributed by atoms with E-state index in [1.54, 1.807) is 0 Å². The van der Waals surface area contributed by atoms with E-state index in [2.05, 4.69) is 35.5 Å². The average molecular weight is 177 g/mol. The van der Waals surface area contributed by atoms with E-state index in [9.17, 15) is 0 Å². The SMILES string of the molecule is CN1CCSCCSCC1. The Hall–Kier alpha value is 0.660. The summed E-state index contributed by atoms with van der Waals surface area (Å²) >= 11 is 4.17. The van der Waals surface area contributed by atoms with Crippen molar-refractivity contribution in [1.82, 2.24) is 4.90 Å². The third kappa shape index (κ3) is 3.74. The lowest BCUT2D eigenvalue weighted by Gasteiger charge is -2.13. The van der Waals surface area contributed by atoms with Gasteiger partial charge in [-0.2, -0.15) is 23.5 Å². The summed E-state index contributed by atoms with van der Waals surface area (Å²) < 4.78 is 0. The van der Waals surface area contributed by atoms with E-state index in [1.807, 2.05) is 0 Å². The van der Waals surface area contributed by atoms with Crippen LogP contribution in [0.4, 0.5) is 0 Å². The molecule has 10 heavy (non-hydrogen) atoms. The maximum absolute atomic E-state index is 2.42. The van der Waals surface area contributed by atoms with Crippen molar-refractivity contribution < 1.29 is 0 Å². The molecular weight excluding hydrogens is 162 g/mol. The van der Waals surface area contributed by atoms with Crippen molar-refractivity contribution in [3.8, 4) is 0 Å². The molecule has 1 nitrogen and oxygen atoms in total. The highest BCUT2D eigenvalue weighted by molar-refractivity contribution is 8.02. The molecular formula is C7H15NS2. The second kappa shape index (κ2) is 5.33. The normalized spacial score (nSPS) is 24.9. The Morgan fingerprint density at radius 2 is 1.40 bits per heavy atom. The summed E-state index contributed by atoms with van der Waals surface area (Å²) in [6.07, 6.45) is 0. The minimum absolute atomic E-state index is 1.27. The fraction of sp³-hybridized carbons (Fsp3) is 1.00. The van der Waals surface area contributed by atoms with E-state index in [4.69, 9.17) is 0 Å². The van der Waals surface area contributed by atoms with Crippen LogP contribution in [0.25, 0.3) is 0 Å². The number of thioether (sulfide) groups is 2. The van der Waals surface area contributed by atoms with Gasteiger partial charge in [0, 0.05) is 36.1 Å². The standard InChI is InChI=1S/C7H15NS2/c1-8-2-4-9-6-7-10-5-3-8/h2-7H2,1H3. The molecule has 1 aliphatic rings. The molecule has 1 heterocycles. The van der Waals surface area contributed by atoms with Crippen LogP contribution in [0.5, 0.6) is 0 Å². The summed E-state index contributed by atoms with van der Waals surface area (Å²) in [7, 11) is 2.21. The molecule has 60 valence electrons. The van der Waals surface area contributed by atoms with Crippen molar-refractivity contribution >= 4 is 23.5 Å². The summed E-state index contributed by atoms with van der Waals surface area (Å²) in [6, 6.07) is 0. The second-order valence-corrected chi connectivity index (χ2v) is 4.98. The topological polar surface area (TPSA) is 3.24 Å². The Labute approximate surface area is 71.9 Å². The van der Waals surface area contributed by atoms with Gasteiger partial charge in [-0.1, -0.05) is 0 Å². The summed E-state index contributed by atoms with van der Waals surface area (Å²) in [6.45, 7) is 2.54. The first kappa shape index (κ1) is 8.75. The van der Waals surface area contributed by atoms with E-state index in [1.165, 1.54) is 36.1 Å². The Bertz CT molecular complexity index is 77.7. The van der Waals surface area contributed by atoms with Crippen LogP contribution < -0.4 is 0 Å². The Morgan fingerprint density at radius 1 is 0.900 bits per heavy atom. The van der Waals surface area contributed by atoms with Gasteiger partial charge in [0.1, 0.15) is 0 Å². The Morgan fingerprint density at radius 3 is 1.90 bits per heavy atom. The number of rotatable bonds is 0. The van der Waals surface area contributed by atoms with Gasteiger partial charge in [-0.25, -0.2) is 0 Å². The molecule has 0 unspecified atom stereocenters. The summed E-state index contributed by atoms with van der Waals surface area (Å²) in [5.41, 5.74) is 0. The van der Waals surface area contributed by atoms with Gasteiger partial charge in [0.2, 0.25) is 0 Å². The van der Waals surface area contributed by atoms with E-state index >= 15 is 0 Å². The van der Waals surface area contributed by atoms with Gasteiger partial charge in [-0.05, 0) is 7.05 Å². The van der Waals surface area contributed by atoms with E-state index in [-0.39, 0.29) is 0 Å². The van der Waals surface area contributed by atoms with Gasteiger partial charge in [0.15, 0.2) is 0 Å². The number of hydrogen-bond donors (Lipinski definition) is 0. The smallest absolute Gasteiger partial charge is 0.00696 e. The molecule has 1 aliphatic heterocycles. The van der Waals surface area contributed by atoms with Crippen LogP contribution in [-0.4, -0.2) is 48.0 Å². The van der Waals surface area contributed by atoms with Crippen LogP contribution >= 0.6 is 23.5 Å². The third-order valence-corrected chi connectivity index (χ3v) is 3.79. The van der Waals surface area contributed by atoms with Crippen molar-refractivity contribution in [3.63, 3.8) is 0 Å². The molecule has 1 rings (SSSR count). The molecule has 1 saturated heterocycles. The number of nitrogens with zero attached hydrogens (tertiary/aromatic N) is 1. The summed E-state index contributed by atoms with van der Waals surface area (Å²) in [5.74, 6) is 5.32. The van der Waals surface area contributed by atoms with Gasteiger partial charge in [0.25, 0.3) is 0 Å². The first-order valence-corrected chi connectivity index (χ1v) is 6.04. The lowest BCUT2D eigenvalue weighted by molar-refractivity contribution is 0.380.